The van der Waals surface area contributed by atoms with Gasteiger partial charge in [-0.1, -0.05) is 18.2 Å². The molecule has 0 saturated heterocycles. The highest BCUT2D eigenvalue weighted by atomic mass is 19.4. The van der Waals surface area contributed by atoms with Gasteiger partial charge in [-0.2, -0.15) is 13.2 Å². The van der Waals surface area contributed by atoms with Crippen molar-refractivity contribution in [3.05, 3.63) is 59.9 Å². The Bertz CT molecular complexity index is 820. The fraction of sp³-hybridized carbons (Fsp3) is 0.389. The van der Waals surface area contributed by atoms with E-state index in [9.17, 15) is 17.6 Å². The smallest absolute Gasteiger partial charge is 0.287 e. The molecule has 0 amide bonds. The molecule has 0 N–H and O–H groups in total. The van der Waals surface area contributed by atoms with Crippen molar-refractivity contribution in [3.8, 4) is 0 Å². The maximum absolute atomic E-state index is 13.9. The van der Waals surface area contributed by atoms with E-state index in [2.05, 4.69) is 4.98 Å². The summed E-state index contributed by atoms with van der Waals surface area (Å²) >= 11 is 0. The Balaban J connectivity index is 1.87. The quantitative estimate of drug-likeness (QED) is 0.762. The van der Waals surface area contributed by atoms with E-state index < -0.39 is 30.0 Å². The highest BCUT2D eigenvalue weighted by molar-refractivity contribution is 5.64. The zero-order valence-corrected chi connectivity index (χ0v) is 13.5. The summed E-state index contributed by atoms with van der Waals surface area (Å²) in [6.07, 6.45) is 1.42. The van der Waals surface area contributed by atoms with Crippen LogP contribution >= 0.6 is 0 Å². The molecule has 1 aliphatic carbocycles. The van der Waals surface area contributed by atoms with Crippen molar-refractivity contribution in [1.82, 2.24) is 9.66 Å². The second kappa shape index (κ2) is 5.61. The van der Waals surface area contributed by atoms with Gasteiger partial charge in [-0.25, -0.2) is 14.1 Å². The Morgan fingerprint density at radius 2 is 2.00 bits per heavy atom. The van der Waals surface area contributed by atoms with Crippen molar-refractivity contribution in [2.24, 2.45) is 5.92 Å². The first-order valence-electron chi connectivity index (χ1n) is 8.18. The average molecular weight is 351 g/mol. The van der Waals surface area contributed by atoms with Crippen LogP contribution in [0.1, 0.15) is 37.1 Å². The van der Waals surface area contributed by atoms with E-state index in [0.717, 1.165) is 5.57 Å². The van der Waals surface area contributed by atoms with Gasteiger partial charge in [-0.05, 0) is 49.0 Å². The van der Waals surface area contributed by atoms with Gasteiger partial charge in [0.05, 0.1) is 17.9 Å². The largest absolute Gasteiger partial charge is 0.410 e. The van der Waals surface area contributed by atoms with Gasteiger partial charge in [0.1, 0.15) is 18.2 Å². The molecule has 25 heavy (non-hydrogen) atoms. The summed E-state index contributed by atoms with van der Waals surface area (Å²) in [5.41, 5.74) is 1.94. The van der Waals surface area contributed by atoms with E-state index in [4.69, 9.17) is 0 Å². The zero-order valence-electron chi connectivity index (χ0n) is 13.5. The number of halogens is 4. The van der Waals surface area contributed by atoms with Crippen LogP contribution in [-0.4, -0.2) is 21.9 Å². The fourth-order valence-electron chi connectivity index (χ4n) is 3.58. The molecule has 1 aromatic heterocycles. The molecule has 132 valence electrons. The summed E-state index contributed by atoms with van der Waals surface area (Å²) in [5, 5.41) is 1.31. The van der Waals surface area contributed by atoms with Crippen molar-refractivity contribution >= 4 is 5.57 Å². The summed E-state index contributed by atoms with van der Waals surface area (Å²) in [7, 11) is 0. The van der Waals surface area contributed by atoms with Crippen LogP contribution in [0.25, 0.3) is 5.57 Å². The number of fused-ring (bicyclic) bond motifs is 1. The van der Waals surface area contributed by atoms with Crippen LogP contribution in [0.4, 0.5) is 17.6 Å². The monoisotopic (exact) mass is 351 g/mol. The van der Waals surface area contributed by atoms with E-state index in [1.165, 1.54) is 34.2 Å². The van der Waals surface area contributed by atoms with E-state index >= 15 is 0 Å². The predicted molar refractivity (Wildman–Crippen MR) is 85.8 cm³/mol. The number of hydrogen-bond donors (Lipinski definition) is 0. The number of nitrogens with zero attached hydrogens (tertiary/aromatic N) is 3. The fourth-order valence-corrected chi connectivity index (χ4v) is 3.58. The Labute approximate surface area is 142 Å². The maximum Gasteiger partial charge on any atom is 0.410 e. The lowest BCUT2D eigenvalue weighted by Crippen LogP contribution is -2.55. The van der Waals surface area contributed by atoms with Gasteiger partial charge in [0.25, 0.3) is 0 Å². The molecule has 2 aliphatic rings. The molecule has 1 aliphatic heterocycles. The maximum atomic E-state index is 13.9. The van der Waals surface area contributed by atoms with Crippen molar-refractivity contribution in [3.63, 3.8) is 0 Å². The van der Waals surface area contributed by atoms with E-state index in [-0.39, 0.29) is 0 Å². The summed E-state index contributed by atoms with van der Waals surface area (Å²) in [6, 6.07) is 3.44. The van der Waals surface area contributed by atoms with Crippen molar-refractivity contribution < 1.29 is 17.6 Å². The number of alkyl halides is 3. The highest BCUT2D eigenvalue weighted by Gasteiger charge is 2.54. The second-order valence-electron chi connectivity index (χ2n) is 6.68. The third-order valence-corrected chi connectivity index (χ3v) is 4.84. The highest BCUT2D eigenvalue weighted by Crippen LogP contribution is 2.46. The molecule has 1 unspecified atom stereocenters. The number of hydrogen-bond acceptors (Lipinski definition) is 2. The zero-order chi connectivity index (χ0) is 17.8. The molecular formula is C18H17F4N3. The lowest BCUT2D eigenvalue weighted by Gasteiger charge is -2.43. The summed E-state index contributed by atoms with van der Waals surface area (Å²) in [6.45, 7) is 1.83. The summed E-state index contributed by atoms with van der Waals surface area (Å²) in [5.74, 6) is -0.909. The number of aromatic nitrogens is 2. The predicted octanol–water partition coefficient (Wildman–Crippen LogP) is 4.46. The van der Waals surface area contributed by atoms with Crippen LogP contribution < -0.4 is 5.01 Å². The minimum Gasteiger partial charge on any atom is -0.287 e. The number of imidazole rings is 1. The molecule has 7 heteroatoms. The standard InChI is InChI=1S/C18H17F4N3/c1-11-7-15(13-3-2-4-14(19)8-13)25(24-10-23-9-16(11)24)17(12-5-6-12)18(20,21)22/h2-4,7-10,12,15,17H,5-6H2,1H3/t15-,17?/m0/s1. The molecule has 0 spiro atoms. The molecule has 3 nitrogen and oxygen atoms in total. The third-order valence-electron chi connectivity index (χ3n) is 4.84. The summed E-state index contributed by atoms with van der Waals surface area (Å²) in [4.78, 5) is 4.03. The first-order chi connectivity index (χ1) is 11.9. The minimum absolute atomic E-state index is 0.446. The van der Waals surface area contributed by atoms with Crippen LogP contribution in [-0.2, 0) is 0 Å². The normalized spacial score (nSPS) is 21.7. The molecule has 4 rings (SSSR count). The van der Waals surface area contributed by atoms with Crippen molar-refractivity contribution in [1.29, 1.82) is 0 Å². The van der Waals surface area contributed by atoms with E-state index in [1.54, 1.807) is 18.3 Å². The van der Waals surface area contributed by atoms with Gasteiger partial charge in [-0.3, -0.25) is 5.01 Å². The number of benzene rings is 1. The average Bonchev–Trinajstić information content (AvgIpc) is 3.22. The van der Waals surface area contributed by atoms with Crippen LogP contribution in [0.2, 0.25) is 0 Å². The third kappa shape index (κ3) is 2.81. The van der Waals surface area contributed by atoms with Gasteiger partial charge in [-0.15, -0.1) is 0 Å². The van der Waals surface area contributed by atoms with Crippen LogP contribution in [0.3, 0.4) is 0 Å². The lowest BCUT2D eigenvalue weighted by atomic mass is 9.98. The Morgan fingerprint density at radius 3 is 2.64 bits per heavy atom. The van der Waals surface area contributed by atoms with E-state index in [0.29, 0.717) is 24.1 Å². The molecule has 2 aromatic rings. The topological polar surface area (TPSA) is 21.1 Å². The molecule has 1 saturated carbocycles. The van der Waals surface area contributed by atoms with Crippen LogP contribution in [0.15, 0.2) is 42.9 Å². The lowest BCUT2D eigenvalue weighted by molar-refractivity contribution is -0.158. The second-order valence-corrected chi connectivity index (χ2v) is 6.68. The Morgan fingerprint density at radius 1 is 1.24 bits per heavy atom. The molecule has 1 fully saturated rings. The summed E-state index contributed by atoms with van der Waals surface area (Å²) < 4.78 is 56.9. The molecule has 1 aromatic carbocycles. The molecule has 2 heterocycles. The van der Waals surface area contributed by atoms with E-state index in [1.807, 2.05) is 6.92 Å². The van der Waals surface area contributed by atoms with Crippen molar-refractivity contribution in [2.45, 2.75) is 38.0 Å². The van der Waals surface area contributed by atoms with Gasteiger partial charge in [0.2, 0.25) is 0 Å². The Hall–Kier alpha value is -2.31. The number of allylic oxidation sites excluding steroid dienone is 1. The molecule has 2 atom stereocenters. The minimum atomic E-state index is -4.38. The van der Waals surface area contributed by atoms with Gasteiger partial charge in [0, 0.05) is 0 Å². The molecule has 0 bridgehead atoms. The van der Waals surface area contributed by atoms with Crippen molar-refractivity contribution in [2.75, 3.05) is 5.01 Å². The first kappa shape index (κ1) is 16.2. The molecule has 0 radical (unpaired) electrons. The van der Waals surface area contributed by atoms with Crippen LogP contribution in [0, 0.1) is 11.7 Å². The Kier molecular flexibility index (Phi) is 3.63. The number of rotatable bonds is 3. The molecular weight excluding hydrogens is 334 g/mol. The first-order valence-corrected chi connectivity index (χ1v) is 8.18. The van der Waals surface area contributed by atoms with Crippen LogP contribution in [0.5, 0.6) is 0 Å². The SMILES string of the molecule is CC1=C[C@@H](c2cccc(F)c2)N(C(C2CC2)C(F)(F)F)n2cncc21. The van der Waals surface area contributed by atoms with Gasteiger partial charge in [0.15, 0.2) is 0 Å². The van der Waals surface area contributed by atoms with Gasteiger partial charge < -0.3 is 0 Å². The van der Waals surface area contributed by atoms with Gasteiger partial charge >= 0.3 is 6.18 Å².